The average Bonchev–Trinajstić information content (AvgIpc) is 2.69. The Morgan fingerprint density at radius 1 is 1.50 bits per heavy atom. The fourth-order valence-electron chi connectivity index (χ4n) is 3.13. The van der Waals surface area contributed by atoms with Crippen molar-refractivity contribution in [2.24, 2.45) is 17.6 Å². The van der Waals surface area contributed by atoms with E-state index in [1.807, 2.05) is 6.92 Å². The molecule has 2 aliphatic rings. The van der Waals surface area contributed by atoms with E-state index in [9.17, 15) is 4.79 Å². The zero-order valence-electron chi connectivity index (χ0n) is 11.6. The molecule has 4 atom stereocenters. The normalized spacial score (nSPS) is 40.7. The first kappa shape index (κ1) is 13.8. The molecule has 1 heterocycles. The van der Waals surface area contributed by atoms with Crippen LogP contribution in [0, 0.1) is 11.8 Å². The van der Waals surface area contributed by atoms with Crippen molar-refractivity contribution in [3.63, 3.8) is 0 Å². The molecule has 1 amide bonds. The lowest BCUT2D eigenvalue weighted by atomic mass is 9.80. The lowest BCUT2D eigenvalue weighted by Gasteiger charge is -2.33. The van der Waals surface area contributed by atoms with Gasteiger partial charge in [-0.15, -0.1) is 0 Å². The van der Waals surface area contributed by atoms with Crippen molar-refractivity contribution in [1.29, 1.82) is 0 Å². The highest BCUT2D eigenvalue weighted by molar-refractivity contribution is 5.79. The standard InChI is InChI=1S/C14H26N2O2/c1-10-14(2,6-7-18-10)16-13(17)12-5-3-4-11(8-12)9-15/h10-12H,3-9,15H2,1-2H3,(H,16,17). The molecule has 18 heavy (non-hydrogen) atoms. The molecule has 3 N–H and O–H groups in total. The van der Waals surface area contributed by atoms with Crippen LogP contribution in [0.3, 0.4) is 0 Å². The third-order valence-corrected chi connectivity index (χ3v) is 4.78. The van der Waals surface area contributed by atoms with E-state index in [0.717, 1.165) is 32.3 Å². The first-order valence-electron chi connectivity index (χ1n) is 7.19. The maximum atomic E-state index is 12.4. The summed E-state index contributed by atoms with van der Waals surface area (Å²) >= 11 is 0. The summed E-state index contributed by atoms with van der Waals surface area (Å²) < 4.78 is 5.56. The molecule has 4 unspecified atom stereocenters. The summed E-state index contributed by atoms with van der Waals surface area (Å²) in [5.41, 5.74) is 5.54. The van der Waals surface area contributed by atoms with Crippen molar-refractivity contribution >= 4 is 5.91 Å². The number of amides is 1. The van der Waals surface area contributed by atoms with Gasteiger partial charge in [0.2, 0.25) is 5.91 Å². The van der Waals surface area contributed by atoms with Crippen LogP contribution in [-0.4, -0.2) is 30.7 Å². The van der Waals surface area contributed by atoms with Gasteiger partial charge in [-0.25, -0.2) is 0 Å². The summed E-state index contributed by atoms with van der Waals surface area (Å²) in [7, 11) is 0. The van der Waals surface area contributed by atoms with Gasteiger partial charge in [0.15, 0.2) is 0 Å². The van der Waals surface area contributed by atoms with E-state index in [2.05, 4.69) is 12.2 Å². The zero-order valence-corrected chi connectivity index (χ0v) is 11.6. The minimum atomic E-state index is -0.188. The second-order valence-corrected chi connectivity index (χ2v) is 6.13. The molecule has 0 aromatic carbocycles. The molecule has 2 fully saturated rings. The van der Waals surface area contributed by atoms with Gasteiger partial charge in [-0.05, 0) is 52.0 Å². The minimum absolute atomic E-state index is 0.107. The van der Waals surface area contributed by atoms with Crippen LogP contribution in [0.5, 0.6) is 0 Å². The molecule has 1 saturated carbocycles. The van der Waals surface area contributed by atoms with Crippen LogP contribution in [0.2, 0.25) is 0 Å². The second kappa shape index (κ2) is 5.57. The third-order valence-electron chi connectivity index (χ3n) is 4.78. The Morgan fingerprint density at radius 2 is 2.28 bits per heavy atom. The Hall–Kier alpha value is -0.610. The van der Waals surface area contributed by atoms with E-state index < -0.39 is 0 Å². The van der Waals surface area contributed by atoms with Crippen LogP contribution in [0.1, 0.15) is 46.0 Å². The number of ether oxygens (including phenoxy) is 1. The smallest absolute Gasteiger partial charge is 0.223 e. The van der Waals surface area contributed by atoms with Crippen molar-refractivity contribution in [2.75, 3.05) is 13.2 Å². The minimum Gasteiger partial charge on any atom is -0.376 e. The quantitative estimate of drug-likeness (QED) is 0.801. The molecule has 0 spiro atoms. The number of nitrogens with two attached hydrogens (primary N) is 1. The number of hydrogen-bond acceptors (Lipinski definition) is 3. The molecule has 0 bridgehead atoms. The fourth-order valence-corrected chi connectivity index (χ4v) is 3.13. The van der Waals surface area contributed by atoms with E-state index in [-0.39, 0.29) is 23.5 Å². The molecule has 104 valence electrons. The summed E-state index contributed by atoms with van der Waals surface area (Å²) in [5.74, 6) is 0.879. The van der Waals surface area contributed by atoms with Crippen molar-refractivity contribution in [1.82, 2.24) is 5.32 Å². The van der Waals surface area contributed by atoms with Gasteiger partial charge in [-0.3, -0.25) is 4.79 Å². The van der Waals surface area contributed by atoms with Crippen molar-refractivity contribution in [3.8, 4) is 0 Å². The Morgan fingerprint density at radius 3 is 2.89 bits per heavy atom. The van der Waals surface area contributed by atoms with Gasteiger partial charge >= 0.3 is 0 Å². The Balaban J connectivity index is 1.91. The van der Waals surface area contributed by atoms with Crippen LogP contribution in [0.4, 0.5) is 0 Å². The van der Waals surface area contributed by atoms with Crippen LogP contribution in [0.15, 0.2) is 0 Å². The third kappa shape index (κ3) is 2.86. The Kier molecular flexibility index (Phi) is 4.28. The maximum Gasteiger partial charge on any atom is 0.223 e. The molecule has 1 aliphatic carbocycles. The summed E-state index contributed by atoms with van der Waals surface area (Å²) in [6, 6.07) is 0. The number of nitrogens with one attached hydrogen (secondary N) is 1. The average molecular weight is 254 g/mol. The van der Waals surface area contributed by atoms with Gasteiger partial charge in [-0.1, -0.05) is 6.42 Å². The Labute approximate surface area is 110 Å². The van der Waals surface area contributed by atoms with E-state index in [1.54, 1.807) is 0 Å². The summed E-state index contributed by atoms with van der Waals surface area (Å²) in [6.45, 7) is 5.58. The van der Waals surface area contributed by atoms with Gasteiger partial charge in [0, 0.05) is 12.5 Å². The van der Waals surface area contributed by atoms with E-state index in [1.165, 1.54) is 6.42 Å². The number of hydrogen-bond donors (Lipinski definition) is 2. The van der Waals surface area contributed by atoms with E-state index in [4.69, 9.17) is 10.5 Å². The molecule has 4 heteroatoms. The van der Waals surface area contributed by atoms with E-state index >= 15 is 0 Å². The SMILES string of the molecule is CC1OCCC1(C)NC(=O)C1CCCC(CN)C1. The van der Waals surface area contributed by atoms with Gasteiger partial charge in [0.05, 0.1) is 11.6 Å². The number of carbonyl (C=O) groups excluding carboxylic acids is 1. The summed E-state index contributed by atoms with van der Waals surface area (Å²) in [4.78, 5) is 12.4. The molecule has 1 aliphatic heterocycles. The predicted octanol–water partition coefficient (Wildman–Crippen LogP) is 1.44. The molecular weight excluding hydrogens is 228 g/mol. The molecule has 0 aromatic heterocycles. The van der Waals surface area contributed by atoms with Gasteiger partial charge in [0.1, 0.15) is 0 Å². The largest absolute Gasteiger partial charge is 0.376 e. The highest BCUT2D eigenvalue weighted by Crippen LogP contribution is 2.31. The van der Waals surface area contributed by atoms with Crippen molar-refractivity contribution in [2.45, 2.75) is 57.6 Å². The van der Waals surface area contributed by atoms with Crippen molar-refractivity contribution < 1.29 is 9.53 Å². The Bertz CT molecular complexity index is 308. The van der Waals surface area contributed by atoms with Crippen LogP contribution in [0.25, 0.3) is 0 Å². The second-order valence-electron chi connectivity index (χ2n) is 6.13. The molecule has 0 aromatic rings. The van der Waals surface area contributed by atoms with Gasteiger partial charge < -0.3 is 15.8 Å². The molecule has 4 nitrogen and oxygen atoms in total. The van der Waals surface area contributed by atoms with Crippen molar-refractivity contribution in [3.05, 3.63) is 0 Å². The lowest BCUT2D eigenvalue weighted by molar-refractivity contribution is -0.128. The number of carbonyl (C=O) groups is 1. The van der Waals surface area contributed by atoms with Crippen LogP contribution in [-0.2, 0) is 9.53 Å². The predicted molar refractivity (Wildman–Crippen MR) is 71.1 cm³/mol. The molecule has 0 radical (unpaired) electrons. The maximum absolute atomic E-state index is 12.4. The highest BCUT2D eigenvalue weighted by Gasteiger charge is 2.40. The zero-order chi connectivity index (χ0) is 13.2. The highest BCUT2D eigenvalue weighted by atomic mass is 16.5. The fraction of sp³-hybridized carbons (Fsp3) is 0.929. The summed E-state index contributed by atoms with van der Waals surface area (Å²) in [6.07, 6.45) is 5.28. The lowest BCUT2D eigenvalue weighted by Crippen LogP contribution is -2.53. The topological polar surface area (TPSA) is 64.3 Å². The van der Waals surface area contributed by atoms with E-state index in [0.29, 0.717) is 12.5 Å². The molecular formula is C14H26N2O2. The van der Waals surface area contributed by atoms with Crippen LogP contribution >= 0.6 is 0 Å². The van der Waals surface area contributed by atoms with Gasteiger partial charge in [0.25, 0.3) is 0 Å². The molecule has 1 saturated heterocycles. The number of rotatable bonds is 3. The molecule has 2 rings (SSSR count). The van der Waals surface area contributed by atoms with Gasteiger partial charge in [-0.2, -0.15) is 0 Å². The van der Waals surface area contributed by atoms with Crippen LogP contribution < -0.4 is 11.1 Å². The summed E-state index contributed by atoms with van der Waals surface area (Å²) in [5, 5.41) is 3.21. The first-order valence-corrected chi connectivity index (χ1v) is 7.19. The monoisotopic (exact) mass is 254 g/mol. The first-order chi connectivity index (χ1) is 8.55.